The van der Waals surface area contributed by atoms with Crippen molar-refractivity contribution in [3.63, 3.8) is 0 Å². The van der Waals surface area contributed by atoms with Crippen LogP contribution in [0.3, 0.4) is 0 Å². The van der Waals surface area contributed by atoms with Gasteiger partial charge in [0.1, 0.15) is 0 Å². The molecule has 1 N–H and O–H groups in total. The first-order valence-electron chi connectivity index (χ1n) is 7.14. The molecule has 0 aromatic heterocycles. The minimum absolute atomic E-state index is 0.356. The zero-order valence-electron chi connectivity index (χ0n) is 11.4. The Bertz CT molecular complexity index is 703. The van der Waals surface area contributed by atoms with Crippen LogP contribution < -0.4 is 4.72 Å². The fraction of sp³-hybridized carbons (Fsp3) is 0.375. The van der Waals surface area contributed by atoms with Gasteiger partial charge in [-0.05, 0) is 41.7 Å². The number of sulfonamides is 1. The zero-order valence-corrected chi connectivity index (χ0v) is 12.2. The molecule has 0 unspecified atom stereocenters. The third kappa shape index (κ3) is 2.86. The molecule has 2 aromatic rings. The number of fused-ring (bicyclic) bond motifs is 1. The molecule has 3 nitrogen and oxygen atoms in total. The zero-order chi connectivity index (χ0) is 14.0. The average Bonchev–Trinajstić information content (AvgIpc) is 2.98. The van der Waals surface area contributed by atoms with E-state index in [0.717, 1.165) is 23.6 Å². The SMILES string of the molecule is O=S(=O)(NCC1CCCC1)c1ccc2ccccc2c1. The molecule has 4 heteroatoms. The standard InChI is InChI=1S/C16H19NO2S/c18-20(19,17-12-13-5-1-2-6-13)16-10-9-14-7-3-4-8-15(14)11-16/h3-4,7-11,13,17H,1-2,5-6,12H2. The highest BCUT2D eigenvalue weighted by Gasteiger charge is 2.19. The Labute approximate surface area is 120 Å². The number of hydrogen-bond donors (Lipinski definition) is 1. The molecule has 1 saturated carbocycles. The second-order valence-corrected chi connectivity index (χ2v) is 7.28. The van der Waals surface area contributed by atoms with Crippen molar-refractivity contribution in [3.05, 3.63) is 42.5 Å². The second-order valence-electron chi connectivity index (χ2n) is 5.51. The first kappa shape index (κ1) is 13.6. The summed E-state index contributed by atoms with van der Waals surface area (Å²) in [6, 6.07) is 13.1. The Kier molecular flexibility index (Phi) is 3.76. The fourth-order valence-electron chi connectivity index (χ4n) is 2.86. The first-order valence-corrected chi connectivity index (χ1v) is 8.62. The molecule has 0 bridgehead atoms. The summed E-state index contributed by atoms with van der Waals surface area (Å²) in [5.74, 6) is 0.505. The lowest BCUT2D eigenvalue weighted by molar-refractivity contribution is 0.519. The maximum absolute atomic E-state index is 12.3. The van der Waals surface area contributed by atoms with Crippen molar-refractivity contribution >= 4 is 20.8 Å². The van der Waals surface area contributed by atoms with Crippen molar-refractivity contribution in [2.24, 2.45) is 5.92 Å². The van der Waals surface area contributed by atoms with Crippen LogP contribution in [0.2, 0.25) is 0 Å². The van der Waals surface area contributed by atoms with Crippen LogP contribution in [0.4, 0.5) is 0 Å². The summed E-state index contributed by atoms with van der Waals surface area (Å²) in [6.07, 6.45) is 4.73. The Hall–Kier alpha value is -1.39. The highest BCUT2D eigenvalue weighted by atomic mass is 32.2. The highest BCUT2D eigenvalue weighted by Crippen LogP contribution is 2.24. The lowest BCUT2D eigenvalue weighted by Gasteiger charge is -2.11. The van der Waals surface area contributed by atoms with Crippen LogP contribution in [0.5, 0.6) is 0 Å². The van der Waals surface area contributed by atoms with Gasteiger partial charge in [-0.15, -0.1) is 0 Å². The molecule has 1 aliphatic rings. The van der Waals surface area contributed by atoms with Crippen LogP contribution in [0.15, 0.2) is 47.4 Å². The quantitative estimate of drug-likeness (QED) is 0.938. The normalized spacial score (nSPS) is 16.8. The predicted octanol–water partition coefficient (Wildman–Crippen LogP) is 3.31. The average molecular weight is 289 g/mol. The Balaban J connectivity index is 1.80. The van der Waals surface area contributed by atoms with E-state index in [4.69, 9.17) is 0 Å². The third-order valence-corrected chi connectivity index (χ3v) is 5.49. The number of rotatable bonds is 4. The van der Waals surface area contributed by atoms with E-state index in [1.165, 1.54) is 12.8 Å². The van der Waals surface area contributed by atoms with Gasteiger partial charge in [-0.1, -0.05) is 43.2 Å². The van der Waals surface area contributed by atoms with Gasteiger partial charge in [-0.3, -0.25) is 0 Å². The molecule has 0 spiro atoms. The summed E-state index contributed by atoms with van der Waals surface area (Å²) in [5.41, 5.74) is 0. The maximum atomic E-state index is 12.3. The first-order chi connectivity index (χ1) is 9.65. The molecule has 0 heterocycles. The van der Waals surface area contributed by atoms with Gasteiger partial charge in [0, 0.05) is 6.54 Å². The van der Waals surface area contributed by atoms with Crippen molar-refractivity contribution in [3.8, 4) is 0 Å². The minimum Gasteiger partial charge on any atom is -0.211 e. The molecule has 20 heavy (non-hydrogen) atoms. The molecule has 0 amide bonds. The van der Waals surface area contributed by atoms with E-state index in [2.05, 4.69) is 4.72 Å². The Morgan fingerprint density at radius 1 is 1.00 bits per heavy atom. The minimum atomic E-state index is -3.39. The summed E-state index contributed by atoms with van der Waals surface area (Å²) >= 11 is 0. The molecule has 1 aliphatic carbocycles. The molecule has 0 radical (unpaired) electrons. The number of nitrogens with one attached hydrogen (secondary N) is 1. The van der Waals surface area contributed by atoms with Crippen LogP contribution in [0.25, 0.3) is 10.8 Å². The van der Waals surface area contributed by atoms with Crippen LogP contribution in [0.1, 0.15) is 25.7 Å². The molecule has 0 atom stereocenters. The van der Waals surface area contributed by atoms with Crippen LogP contribution in [-0.2, 0) is 10.0 Å². The van der Waals surface area contributed by atoms with E-state index in [0.29, 0.717) is 17.4 Å². The molecule has 1 fully saturated rings. The topological polar surface area (TPSA) is 46.2 Å². The van der Waals surface area contributed by atoms with Crippen LogP contribution in [-0.4, -0.2) is 15.0 Å². The summed E-state index contributed by atoms with van der Waals surface area (Å²) in [4.78, 5) is 0.356. The lowest BCUT2D eigenvalue weighted by atomic mass is 10.1. The van der Waals surface area contributed by atoms with Crippen molar-refractivity contribution in [2.75, 3.05) is 6.54 Å². The summed E-state index contributed by atoms with van der Waals surface area (Å²) in [5, 5.41) is 2.01. The Morgan fingerprint density at radius 3 is 2.45 bits per heavy atom. The molecule has 3 rings (SSSR count). The second kappa shape index (κ2) is 5.54. The van der Waals surface area contributed by atoms with Crippen molar-refractivity contribution < 1.29 is 8.42 Å². The largest absolute Gasteiger partial charge is 0.240 e. The van der Waals surface area contributed by atoms with E-state index >= 15 is 0 Å². The van der Waals surface area contributed by atoms with Gasteiger partial charge in [0.2, 0.25) is 10.0 Å². The maximum Gasteiger partial charge on any atom is 0.240 e. The summed E-state index contributed by atoms with van der Waals surface area (Å²) in [7, 11) is -3.39. The predicted molar refractivity (Wildman–Crippen MR) is 81.1 cm³/mol. The van der Waals surface area contributed by atoms with E-state index < -0.39 is 10.0 Å². The monoisotopic (exact) mass is 289 g/mol. The van der Waals surface area contributed by atoms with Gasteiger partial charge in [0.15, 0.2) is 0 Å². The van der Waals surface area contributed by atoms with Crippen LogP contribution in [0, 0.1) is 5.92 Å². The Morgan fingerprint density at radius 2 is 1.70 bits per heavy atom. The van der Waals surface area contributed by atoms with E-state index in [1.54, 1.807) is 12.1 Å². The van der Waals surface area contributed by atoms with Crippen LogP contribution >= 0.6 is 0 Å². The molecule has 106 valence electrons. The van der Waals surface area contributed by atoms with Gasteiger partial charge in [-0.2, -0.15) is 0 Å². The molecular formula is C16H19NO2S. The van der Waals surface area contributed by atoms with Gasteiger partial charge in [0.25, 0.3) is 0 Å². The molecular weight excluding hydrogens is 270 g/mol. The van der Waals surface area contributed by atoms with Crippen molar-refractivity contribution in [2.45, 2.75) is 30.6 Å². The van der Waals surface area contributed by atoms with Gasteiger partial charge in [0.05, 0.1) is 4.90 Å². The summed E-state index contributed by atoms with van der Waals surface area (Å²) in [6.45, 7) is 0.565. The van der Waals surface area contributed by atoms with Crippen molar-refractivity contribution in [1.29, 1.82) is 0 Å². The van der Waals surface area contributed by atoms with E-state index in [-0.39, 0.29) is 0 Å². The fourth-order valence-corrected chi connectivity index (χ4v) is 4.01. The smallest absolute Gasteiger partial charge is 0.211 e. The lowest BCUT2D eigenvalue weighted by Crippen LogP contribution is -2.28. The third-order valence-electron chi connectivity index (χ3n) is 4.07. The number of hydrogen-bond acceptors (Lipinski definition) is 2. The van der Waals surface area contributed by atoms with E-state index in [1.807, 2.05) is 30.3 Å². The molecule has 0 aliphatic heterocycles. The molecule has 2 aromatic carbocycles. The van der Waals surface area contributed by atoms with Gasteiger partial charge in [-0.25, -0.2) is 13.1 Å². The highest BCUT2D eigenvalue weighted by molar-refractivity contribution is 7.89. The summed E-state index contributed by atoms with van der Waals surface area (Å²) < 4.78 is 27.4. The number of benzene rings is 2. The van der Waals surface area contributed by atoms with E-state index in [9.17, 15) is 8.42 Å². The van der Waals surface area contributed by atoms with Gasteiger partial charge >= 0.3 is 0 Å². The van der Waals surface area contributed by atoms with Crippen molar-refractivity contribution in [1.82, 2.24) is 4.72 Å². The molecule has 0 saturated heterocycles. The van der Waals surface area contributed by atoms with Gasteiger partial charge < -0.3 is 0 Å².